The van der Waals surface area contributed by atoms with Gasteiger partial charge in [-0.05, 0) is 53.0 Å². The van der Waals surface area contributed by atoms with E-state index in [2.05, 4.69) is 19.2 Å². The number of amides is 2. The fourth-order valence-electron chi connectivity index (χ4n) is 4.93. The number of likely N-dealkylation sites (tertiary alicyclic amines) is 1. The number of hydrogen-bond donors (Lipinski definition) is 2. The van der Waals surface area contributed by atoms with Gasteiger partial charge in [-0.25, -0.2) is 0 Å². The summed E-state index contributed by atoms with van der Waals surface area (Å²) in [7, 11) is 0. The number of piperidine rings is 1. The predicted octanol–water partition coefficient (Wildman–Crippen LogP) is 2.81. The molecule has 0 spiro atoms. The van der Waals surface area contributed by atoms with E-state index in [1.807, 2.05) is 30.3 Å². The highest BCUT2D eigenvalue weighted by molar-refractivity contribution is 5.97. The molecule has 4 rings (SSSR count). The number of rotatable bonds is 7. The van der Waals surface area contributed by atoms with Crippen LogP contribution in [0.25, 0.3) is 6.08 Å². The predicted molar refractivity (Wildman–Crippen MR) is 122 cm³/mol. The number of nitrogens with one attached hydrogen (secondary N) is 1. The number of hydrogen-bond acceptors (Lipinski definition) is 4. The van der Waals surface area contributed by atoms with Crippen LogP contribution in [0, 0.1) is 17.3 Å². The van der Waals surface area contributed by atoms with Gasteiger partial charge in [0.25, 0.3) is 0 Å². The largest absolute Gasteiger partial charge is 0.508 e. The highest BCUT2D eigenvalue weighted by atomic mass is 16.3. The third-order valence-electron chi connectivity index (χ3n) is 6.86. The number of phenolic OH excluding ortho intramolecular Hbond substituents is 1. The van der Waals surface area contributed by atoms with Crippen LogP contribution in [0.2, 0.25) is 0 Å². The number of phenols is 1. The molecule has 1 saturated carbocycles. The minimum atomic E-state index is -0.704. The van der Waals surface area contributed by atoms with Crippen LogP contribution in [0.3, 0.4) is 0 Å². The molecule has 2 amide bonds. The Balaban J connectivity index is 1.47. The number of nitrogens with zero attached hydrogens (tertiary/aromatic N) is 1. The van der Waals surface area contributed by atoms with Crippen molar-refractivity contribution in [3.05, 3.63) is 71.8 Å². The molecule has 0 bridgehead atoms. The second-order valence-electron chi connectivity index (χ2n) is 9.25. The maximum Gasteiger partial charge on any atom is 0.247 e. The summed E-state index contributed by atoms with van der Waals surface area (Å²) < 4.78 is 0. The van der Waals surface area contributed by atoms with Crippen LogP contribution in [-0.2, 0) is 20.8 Å². The molecule has 2 N–H and O–H groups in total. The molecule has 1 aliphatic carbocycles. The third kappa shape index (κ3) is 4.31. The summed E-state index contributed by atoms with van der Waals surface area (Å²) in [5.41, 5.74) is 1.74. The lowest BCUT2D eigenvalue weighted by Crippen LogP contribution is -2.52. The van der Waals surface area contributed by atoms with E-state index in [0.717, 1.165) is 17.4 Å². The van der Waals surface area contributed by atoms with Gasteiger partial charge in [-0.3, -0.25) is 9.59 Å². The van der Waals surface area contributed by atoms with Crippen LogP contribution in [-0.4, -0.2) is 46.7 Å². The van der Waals surface area contributed by atoms with Gasteiger partial charge in [0.1, 0.15) is 18.1 Å². The van der Waals surface area contributed by atoms with E-state index >= 15 is 0 Å². The summed E-state index contributed by atoms with van der Waals surface area (Å²) in [6, 6.07) is 14.8. The van der Waals surface area contributed by atoms with Gasteiger partial charge in [0, 0.05) is 12.6 Å². The van der Waals surface area contributed by atoms with Crippen molar-refractivity contribution < 1.29 is 19.5 Å². The van der Waals surface area contributed by atoms with Crippen molar-refractivity contribution in [1.82, 2.24) is 10.2 Å². The van der Waals surface area contributed by atoms with Gasteiger partial charge < -0.3 is 20.1 Å². The maximum absolute atomic E-state index is 13.2. The standard InChI is InChI=1S/C26H28N2O4/c1-26(2)21-15-28(22(31)13-10-17-6-4-3-5-7-17)24(23(21)26)25(32)27-19(16-29)14-18-8-11-20(30)12-9-18/h3-13,16,19,21,23-24,30H,14-15H2,1-2H3,(H,27,32)/b13-10+/t19-,21-,23-,24-/m0/s1. The molecule has 1 heterocycles. The molecule has 1 aliphatic heterocycles. The van der Waals surface area contributed by atoms with Gasteiger partial charge in [-0.1, -0.05) is 56.3 Å². The average molecular weight is 433 g/mol. The zero-order chi connectivity index (χ0) is 22.9. The second kappa shape index (κ2) is 8.61. The molecule has 2 aliphatic rings. The third-order valence-corrected chi connectivity index (χ3v) is 6.86. The van der Waals surface area contributed by atoms with Crippen molar-refractivity contribution in [3.8, 4) is 5.75 Å². The number of carbonyl (C=O) groups excluding carboxylic acids is 3. The van der Waals surface area contributed by atoms with Crippen LogP contribution < -0.4 is 5.32 Å². The summed E-state index contributed by atoms with van der Waals surface area (Å²) in [6.45, 7) is 4.78. The van der Waals surface area contributed by atoms with Crippen molar-refractivity contribution in [2.75, 3.05) is 6.54 Å². The first kappa shape index (κ1) is 21.8. The van der Waals surface area contributed by atoms with E-state index in [9.17, 15) is 19.5 Å². The molecule has 6 nitrogen and oxygen atoms in total. The minimum absolute atomic E-state index is 0.00440. The van der Waals surface area contributed by atoms with Crippen LogP contribution in [0.5, 0.6) is 5.75 Å². The second-order valence-corrected chi connectivity index (χ2v) is 9.25. The molecular weight excluding hydrogens is 404 g/mol. The Kier molecular flexibility index (Phi) is 5.87. The Morgan fingerprint density at radius 3 is 2.50 bits per heavy atom. The zero-order valence-electron chi connectivity index (χ0n) is 18.3. The Morgan fingerprint density at radius 1 is 1.16 bits per heavy atom. The molecular formula is C26H28N2O4. The van der Waals surface area contributed by atoms with Crippen molar-refractivity contribution in [3.63, 3.8) is 0 Å². The molecule has 2 aromatic carbocycles. The van der Waals surface area contributed by atoms with Gasteiger partial charge in [-0.2, -0.15) is 0 Å². The Morgan fingerprint density at radius 2 is 1.84 bits per heavy atom. The summed E-state index contributed by atoms with van der Waals surface area (Å²) in [6.07, 6.45) is 4.31. The smallest absolute Gasteiger partial charge is 0.247 e. The summed E-state index contributed by atoms with van der Waals surface area (Å²) in [4.78, 5) is 39.5. The van der Waals surface area contributed by atoms with Crippen LogP contribution >= 0.6 is 0 Å². The van der Waals surface area contributed by atoms with Crippen LogP contribution in [0.15, 0.2) is 60.7 Å². The maximum atomic E-state index is 13.2. The SMILES string of the molecule is CC1(C)[C@@H]2[C@@H](C(=O)N[C@H](C=O)Cc3ccc(O)cc3)N(C(=O)/C=C/c3ccccc3)C[C@@H]21. The number of carbonyl (C=O) groups is 3. The first-order chi connectivity index (χ1) is 15.3. The normalized spacial score (nSPS) is 24.1. The Hall–Kier alpha value is -3.41. The van der Waals surface area contributed by atoms with Crippen molar-refractivity contribution in [2.24, 2.45) is 17.3 Å². The monoisotopic (exact) mass is 432 g/mol. The van der Waals surface area contributed by atoms with Gasteiger partial charge >= 0.3 is 0 Å². The van der Waals surface area contributed by atoms with Gasteiger partial charge in [-0.15, -0.1) is 0 Å². The average Bonchev–Trinajstić information content (AvgIpc) is 3.13. The molecule has 4 atom stereocenters. The van der Waals surface area contributed by atoms with Gasteiger partial charge in [0.05, 0.1) is 6.04 Å². The van der Waals surface area contributed by atoms with Gasteiger partial charge in [0.2, 0.25) is 11.8 Å². The van der Waals surface area contributed by atoms with Crippen molar-refractivity contribution >= 4 is 24.2 Å². The van der Waals surface area contributed by atoms with Crippen molar-refractivity contribution in [1.29, 1.82) is 0 Å². The molecule has 0 radical (unpaired) electrons. The number of benzene rings is 2. The zero-order valence-corrected chi connectivity index (χ0v) is 18.3. The lowest BCUT2D eigenvalue weighted by Gasteiger charge is -2.30. The first-order valence-corrected chi connectivity index (χ1v) is 10.9. The Labute approximate surface area is 187 Å². The number of aromatic hydroxyl groups is 1. The molecule has 1 saturated heterocycles. The van der Waals surface area contributed by atoms with E-state index in [1.165, 1.54) is 6.08 Å². The molecule has 2 aromatic rings. The molecule has 32 heavy (non-hydrogen) atoms. The van der Waals surface area contributed by atoms with Gasteiger partial charge in [0.15, 0.2) is 0 Å². The summed E-state index contributed by atoms with van der Waals surface area (Å²) in [5, 5.41) is 12.3. The van der Waals surface area contributed by atoms with Crippen LogP contribution in [0.4, 0.5) is 0 Å². The number of fused-ring (bicyclic) bond motifs is 1. The Bertz CT molecular complexity index is 1030. The molecule has 6 heteroatoms. The summed E-state index contributed by atoms with van der Waals surface area (Å²) >= 11 is 0. The molecule has 0 aromatic heterocycles. The highest BCUT2D eigenvalue weighted by Gasteiger charge is 2.69. The summed E-state index contributed by atoms with van der Waals surface area (Å²) in [5.74, 6) is 0.0152. The van der Waals surface area contributed by atoms with Crippen molar-refractivity contribution in [2.45, 2.75) is 32.4 Å². The first-order valence-electron chi connectivity index (χ1n) is 10.9. The van der Waals surface area contributed by atoms with E-state index in [1.54, 1.807) is 35.2 Å². The lowest BCUT2D eigenvalue weighted by atomic mass is 9.99. The van der Waals surface area contributed by atoms with Crippen LogP contribution in [0.1, 0.15) is 25.0 Å². The quantitative estimate of drug-likeness (QED) is 0.520. The fraction of sp³-hybridized carbons (Fsp3) is 0.346. The number of aldehydes is 1. The fourth-order valence-corrected chi connectivity index (χ4v) is 4.93. The topological polar surface area (TPSA) is 86.7 Å². The van der Waals surface area contributed by atoms with E-state index < -0.39 is 12.1 Å². The van der Waals surface area contributed by atoms with E-state index in [0.29, 0.717) is 13.0 Å². The molecule has 2 fully saturated rings. The minimum Gasteiger partial charge on any atom is -0.508 e. The van der Waals surface area contributed by atoms with E-state index in [-0.39, 0.29) is 34.8 Å². The lowest BCUT2D eigenvalue weighted by molar-refractivity contribution is -0.137. The van der Waals surface area contributed by atoms with E-state index in [4.69, 9.17) is 0 Å². The highest BCUT2D eigenvalue weighted by Crippen LogP contribution is 2.64. The molecule has 166 valence electrons. The molecule has 0 unspecified atom stereocenters.